The largest absolute Gasteiger partial charge is 0.323 e. The number of carbonyl (C=O) groups excluding carboxylic acids is 2. The van der Waals surface area contributed by atoms with Crippen LogP contribution < -0.4 is 10.6 Å². The van der Waals surface area contributed by atoms with Gasteiger partial charge in [0, 0.05) is 12.0 Å². The fourth-order valence-corrected chi connectivity index (χ4v) is 5.33. The second-order valence-electron chi connectivity index (χ2n) is 7.03. The second-order valence-corrected chi connectivity index (χ2v) is 8.45. The standard InChI is InChI=1S/C20H12ClN5O2S/c21-12-5-3-4-10-16(12)25-18(28)20(10)8-15(27)24-17-11(20)9-22-26(17)19-23-13-6-1-2-7-14(13)29-19/h1-7,9H,8H2,(H,24,27)(H,25,28)/t20-/m1/s1. The third kappa shape index (κ3) is 2.12. The minimum Gasteiger partial charge on any atom is -0.323 e. The predicted octanol–water partition coefficient (Wildman–Crippen LogP) is 3.72. The fourth-order valence-electron chi connectivity index (χ4n) is 4.18. The highest BCUT2D eigenvalue weighted by Crippen LogP contribution is 2.51. The van der Waals surface area contributed by atoms with Crippen molar-refractivity contribution in [2.24, 2.45) is 0 Å². The van der Waals surface area contributed by atoms with E-state index in [1.165, 1.54) is 11.3 Å². The number of halogens is 1. The van der Waals surface area contributed by atoms with E-state index in [1.807, 2.05) is 30.3 Å². The van der Waals surface area contributed by atoms with Crippen LogP contribution in [0.5, 0.6) is 0 Å². The molecule has 0 saturated heterocycles. The minimum absolute atomic E-state index is 0.00921. The number of hydrogen-bond donors (Lipinski definition) is 2. The van der Waals surface area contributed by atoms with Gasteiger partial charge in [-0.2, -0.15) is 9.78 Å². The number of para-hydroxylation sites is 2. The molecule has 0 fully saturated rings. The Labute approximate surface area is 173 Å². The molecule has 4 heterocycles. The summed E-state index contributed by atoms with van der Waals surface area (Å²) < 4.78 is 2.61. The Kier molecular flexibility index (Phi) is 3.25. The van der Waals surface area contributed by atoms with Crippen molar-refractivity contribution in [1.29, 1.82) is 0 Å². The number of hydrogen-bond acceptors (Lipinski definition) is 5. The zero-order valence-corrected chi connectivity index (χ0v) is 16.3. The van der Waals surface area contributed by atoms with Gasteiger partial charge in [0.25, 0.3) is 0 Å². The predicted molar refractivity (Wildman–Crippen MR) is 111 cm³/mol. The molecule has 1 spiro atoms. The Hall–Kier alpha value is -3.23. The van der Waals surface area contributed by atoms with E-state index in [4.69, 9.17) is 11.6 Å². The van der Waals surface area contributed by atoms with E-state index in [1.54, 1.807) is 23.0 Å². The summed E-state index contributed by atoms with van der Waals surface area (Å²) in [5, 5.41) is 11.3. The minimum atomic E-state index is -1.16. The molecule has 7 nitrogen and oxygen atoms in total. The fraction of sp³-hybridized carbons (Fsp3) is 0.100. The van der Waals surface area contributed by atoms with E-state index >= 15 is 0 Å². The molecule has 29 heavy (non-hydrogen) atoms. The van der Waals surface area contributed by atoms with Gasteiger partial charge in [0.2, 0.25) is 16.9 Å². The van der Waals surface area contributed by atoms with Crippen LogP contribution in [0.15, 0.2) is 48.7 Å². The Morgan fingerprint density at radius 2 is 1.93 bits per heavy atom. The van der Waals surface area contributed by atoms with E-state index in [2.05, 4.69) is 20.7 Å². The van der Waals surface area contributed by atoms with Crippen LogP contribution in [0.3, 0.4) is 0 Å². The molecule has 2 N–H and O–H groups in total. The van der Waals surface area contributed by atoms with Crippen molar-refractivity contribution in [3.63, 3.8) is 0 Å². The van der Waals surface area contributed by atoms with Crippen molar-refractivity contribution < 1.29 is 9.59 Å². The molecule has 2 aromatic heterocycles. The smallest absolute Gasteiger partial charge is 0.240 e. The zero-order valence-electron chi connectivity index (χ0n) is 14.8. The van der Waals surface area contributed by atoms with Crippen LogP contribution in [-0.4, -0.2) is 26.6 Å². The molecule has 2 aromatic carbocycles. The van der Waals surface area contributed by atoms with Crippen molar-refractivity contribution in [3.05, 3.63) is 64.8 Å². The molecule has 2 aliphatic rings. The Bertz CT molecular complexity index is 1330. The first-order valence-corrected chi connectivity index (χ1v) is 10.1. The van der Waals surface area contributed by atoms with Crippen LogP contribution in [0, 0.1) is 0 Å². The third-order valence-electron chi connectivity index (χ3n) is 5.48. The summed E-state index contributed by atoms with van der Waals surface area (Å²) in [7, 11) is 0. The number of nitrogens with zero attached hydrogens (tertiary/aromatic N) is 3. The summed E-state index contributed by atoms with van der Waals surface area (Å²) in [6.07, 6.45) is 1.63. The maximum atomic E-state index is 13.2. The van der Waals surface area contributed by atoms with Gasteiger partial charge in [-0.25, -0.2) is 4.98 Å². The van der Waals surface area contributed by atoms with Gasteiger partial charge in [0.05, 0.1) is 27.1 Å². The molecule has 0 saturated carbocycles. The van der Waals surface area contributed by atoms with Gasteiger partial charge in [-0.1, -0.05) is 47.2 Å². The summed E-state index contributed by atoms with van der Waals surface area (Å²) in [6, 6.07) is 13.1. The van der Waals surface area contributed by atoms with Gasteiger partial charge in [-0.3, -0.25) is 9.59 Å². The first-order chi connectivity index (χ1) is 14.1. The lowest BCUT2D eigenvalue weighted by Gasteiger charge is -2.31. The molecule has 0 bridgehead atoms. The highest BCUT2D eigenvalue weighted by atomic mass is 35.5. The highest BCUT2D eigenvalue weighted by Gasteiger charge is 2.54. The molecule has 6 rings (SSSR count). The molecule has 2 amide bonds. The van der Waals surface area contributed by atoms with Crippen LogP contribution in [0.2, 0.25) is 5.02 Å². The van der Waals surface area contributed by atoms with Gasteiger partial charge in [-0.05, 0) is 23.8 Å². The van der Waals surface area contributed by atoms with Crippen molar-refractivity contribution in [2.75, 3.05) is 10.6 Å². The molecule has 1 atom stereocenters. The van der Waals surface area contributed by atoms with Crippen LogP contribution in [0.25, 0.3) is 15.3 Å². The van der Waals surface area contributed by atoms with E-state index in [9.17, 15) is 9.59 Å². The molecule has 2 aliphatic heterocycles. The van der Waals surface area contributed by atoms with Gasteiger partial charge < -0.3 is 10.6 Å². The third-order valence-corrected chi connectivity index (χ3v) is 6.80. The van der Waals surface area contributed by atoms with E-state index < -0.39 is 5.41 Å². The van der Waals surface area contributed by atoms with Crippen molar-refractivity contribution in [1.82, 2.24) is 14.8 Å². The number of thiazole rings is 1. The Balaban J connectivity index is 1.60. The van der Waals surface area contributed by atoms with E-state index in [-0.39, 0.29) is 18.2 Å². The lowest BCUT2D eigenvalue weighted by molar-refractivity contribution is -0.125. The summed E-state index contributed by atoms with van der Waals surface area (Å²) >= 11 is 7.77. The van der Waals surface area contributed by atoms with Crippen LogP contribution in [0.1, 0.15) is 17.5 Å². The number of nitrogens with one attached hydrogen (secondary N) is 2. The molecule has 0 radical (unpaired) electrons. The number of aromatic nitrogens is 3. The molecule has 0 unspecified atom stereocenters. The van der Waals surface area contributed by atoms with Gasteiger partial charge in [0.1, 0.15) is 11.2 Å². The van der Waals surface area contributed by atoms with Crippen molar-refractivity contribution in [2.45, 2.75) is 11.8 Å². The molecular weight excluding hydrogens is 410 g/mol. The summed E-state index contributed by atoms with van der Waals surface area (Å²) in [5.41, 5.74) is 1.56. The highest BCUT2D eigenvalue weighted by molar-refractivity contribution is 7.20. The van der Waals surface area contributed by atoms with E-state index in [0.29, 0.717) is 32.8 Å². The lowest BCUT2D eigenvalue weighted by Crippen LogP contribution is -2.43. The zero-order chi connectivity index (χ0) is 19.8. The topological polar surface area (TPSA) is 88.9 Å². The molecule has 0 aliphatic carbocycles. The molecule has 9 heteroatoms. The number of carbonyl (C=O) groups is 2. The number of amides is 2. The SMILES string of the molecule is O=C1C[C@]2(C(=O)Nc3c(Cl)cccc32)c2cnn(-c3nc4ccccc4s3)c2N1. The quantitative estimate of drug-likeness (QED) is 0.490. The number of anilines is 2. The Morgan fingerprint density at radius 3 is 2.79 bits per heavy atom. The van der Waals surface area contributed by atoms with Crippen LogP contribution in [-0.2, 0) is 15.0 Å². The number of benzene rings is 2. The average molecular weight is 422 g/mol. The van der Waals surface area contributed by atoms with Crippen molar-refractivity contribution >= 4 is 56.5 Å². The summed E-state index contributed by atoms with van der Waals surface area (Å²) in [4.78, 5) is 30.5. The van der Waals surface area contributed by atoms with Crippen LogP contribution in [0.4, 0.5) is 11.5 Å². The normalized spacial score (nSPS) is 19.9. The lowest BCUT2D eigenvalue weighted by atomic mass is 9.72. The Morgan fingerprint density at radius 1 is 1.07 bits per heavy atom. The van der Waals surface area contributed by atoms with Gasteiger partial charge in [0.15, 0.2) is 0 Å². The molecular formula is C20H12ClN5O2S. The van der Waals surface area contributed by atoms with Crippen molar-refractivity contribution in [3.8, 4) is 5.13 Å². The van der Waals surface area contributed by atoms with Gasteiger partial charge in [-0.15, -0.1) is 0 Å². The average Bonchev–Trinajstić information content (AvgIpc) is 3.38. The first-order valence-electron chi connectivity index (χ1n) is 8.93. The summed E-state index contributed by atoms with van der Waals surface area (Å²) in [6.45, 7) is 0. The van der Waals surface area contributed by atoms with Crippen LogP contribution >= 0.6 is 22.9 Å². The maximum Gasteiger partial charge on any atom is 0.240 e. The van der Waals surface area contributed by atoms with Gasteiger partial charge >= 0.3 is 0 Å². The molecule has 4 aromatic rings. The number of rotatable bonds is 1. The second kappa shape index (κ2) is 5.65. The van der Waals surface area contributed by atoms with E-state index in [0.717, 1.165) is 10.2 Å². The first kappa shape index (κ1) is 16.7. The monoisotopic (exact) mass is 421 g/mol. The summed E-state index contributed by atoms with van der Waals surface area (Å²) in [5.74, 6) is -0.0767. The molecule has 142 valence electrons. The maximum absolute atomic E-state index is 13.2. The number of fused-ring (bicyclic) bond motifs is 5.